The second kappa shape index (κ2) is 10.9. The highest BCUT2D eigenvalue weighted by Crippen LogP contribution is 2.22. The van der Waals surface area contributed by atoms with Crippen molar-refractivity contribution in [1.82, 2.24) is 0 Å². The number of unbranched alkanes of at least 4 members (excludes halogenated alkanes) is 3. The molecule has 0 fully saturated rings. The van der Waals surface area contributed by atoms with Crippen molar-refractivity contribution in [3.63, 3.8) is 0 Å². The van der Waals surface area contributed by atoms with Crippen LogP contribution in [0.2, 0.25) is 0 Å². The van der Waals surface area contributed by atoms with Crippen molar-refractivity contribution in [2.24, 2.45) is 10.2 Å². The van der Waals surface area contributed by atoms with Crippen LogP contribution in [-0.2, 0) is 9.53 Å². The fourth-order valence-corrected chi connectivity index (χ4v) is 2.41. The maximum absolute atomic E-state index is 12.0. The highest BCUT2D eigenvalue weighted by atomic mass is 16.5. The van der Waals surface area contributed by atoms with Crippen LogP contribution in [0.25, 0.3) is 5.76 Å². The number of aliphatic hydroxyl groups excluding tert-OH is 1. The number of hydrogen-bond acceptors (Lipinski definition) is 5. The average molecular weight is 366 g/mol. The van der Waals surface area contributed by atoms with E-state index in [0.717, 1.165) is 31.4 Å². The molecule has 0 aromatic heterocycles. The molecular weight excluding hydrogens is 340 g/mol. The summed E-state index contributed by atoms with van der Waals surface area (Å²) in [5.74, 6) is -0.572. The van der Waals surface area contributed by atoms with Crippen molar-refractivity contribution < 1.29 is 14.6 Å². The maximum atomic E-state index is 12.0. The van der Waals surface area contributed by atoms with Crippen molar-refractivity contribution in [1.29, 1.82) is 0 Å². The lowest BCUT2D eigenvalue weighted by Crippen LogP contribution is -2.09. The van der Waals surface area contributed by atoms with Gasteiger partial charge >= 0.3 is 5.97 Å². The van der Waals surface area contributed by atoms with Gasteiger partial charge in [0.2, 0.25) is 0 Å². The van der Waals surface area contributed by atoms with Crippen LogP contribution in [0, 0.1) is 0 Å². The van der Waals surface area contributed by atoms with E-state index in [9.17, 15) is 9.90 Å². The monoisotopic (exact) mass is 366 g/mol. The van der Waals surface area contributed by atoms with Gasteiger partial charge in [0, 0.05) is 5.56 Å². The summed E-state index contributed by atoms with van der Waals surface area (Å²) in [6.07, 6.45) is 4.15. The molecule has 27 heavy (non-hydrogen) atoms. The van der Waals surface area contributed by atoms with Crippen LogP contribution in [-0.4, -0.2) is 17.7 Å². The number of carbonyl (C=O) groups excluding carboxylic acids is 1. The van der Waals surface area contributed by atoms with Gasteiger partial charge in [-0.1, -0.05) is 44.4 Å². The third-order valence-electron chi connectivity index (χ3n) is 4.07. The molecule has 5 heteroatoms. The number of aliphatic hydroxyl groups is 1. The quantitative estimate of drug-likeness (QED) is 0.181. The lowest BCUT2D eigenvalue weighted by atomic mass is 10.1. The SMILES string of the molecule is CCCCCCOC(=O)C(C)=C(O)c1ccc(N=Nc2ccccc2)cc1. The van der Waals surface area contributed by atoms with E-state index in [0.29, 0.717) is 17.9 Å². The van der Waals surface area contributed by atoms with E-state index >= 15 is 0 Å². The van der Waals surface area contributed by atoms with Gasteiger partial charge in [0.15, 0.2) is 0 Å². The average Bonchev–Trinajstić information content (AvgIpc) is 2.72. The number of azo groups is 1. The molecular formula is C22H26N2O3. The summed E-state index contributed by atoms with van der Waals surface area (Å²) in [5, 5.41) is 18.6. The van der Waals surface area contributed by atoms with Gasteiger partial charge in [-0.25, -0.2) is 4.79 Å². The molecule has 0 atom stereocenters. The topological polar surface area (TPSA) is 71.2 Å². The van der Waals surface area contributed by atoms with Crippen LogP contribution in [0.1, 0.15) is 45.1 Å². The molecule has 2 aromatic carbocycles. The Morgan fingerprint density at radius 2 is 1.56 bits per heavy atom. The Morgan fingerprint density at radius 3 is 2.19 bits per heavy atom. The number of rotatable bonds is 9. The molecule has 2 aromatic rings. The first-order valence-electron chi connectivity index (χ1n) is 9.26. The first-order chi connectivity index (χ1) is 13.1. The molecule has 0 radical (unpaired) electrons. The summed E-state index contributed by atoms with van der Waals surface area (Å²) in [5.41, 5.74) is 2.16. The fraction of sp³-hybridized carbons (Fsp3) is 0.318. The molecule has 0 saturated carbocycles. The summed E-state index contributed by atoms with van der Waals surface area (Å²) in [6.45, 7) is 4.07. The lowest BCUT2D eigenvalue weighted by molar-refractivity contribution is -0.139. The molecule has 5 nitrogen and oxygen atoms in total. The number of benzene rings is 2. The van der Waals surface area contributed by atoms with E-state index in [-0.39, 0.29) is 11.3 Å². The summed E-state index contributed by atoms with van der Waals surface area (Å²) in [4.78, 5) is 12.0. The first-order valence-corrected chi connectivity index (χ1v) is 9.26. The molecule has 0 unspecified atom stereocenters. The Kier molecular flexibility index (Phi) is 8.23. The molecule has 0 amide bonds. The van der Waals surface area contributed by atoms with Crippen molar-refractivity contribution >= 4 is 23.1 Å². The van der Waals surface area contributed by atoms with Crippen LogP contribution < -0.4 is 0 Å². The van der Waals surface area contributed by atoms with Crippen LogP contribution in [0.4, 0.5) is 11.4 Å². The van der Waals surface area contributed by atoms with Gasteiger partial charge in [0.1, 0.15) is 5.76 Å². The first kappa shape index (κ1) is 20.4. The largest absolute Gasteiger partial charge is 0.507 e. The van der Waals surface area contributed by atoms with Gasteiger partial charge in [-0.2, -0.15) is 10.2 Å². The Morgan fingerprint density at radius 1 is 0.926 bits per heavy atom. The third kappa shape index (κ3) is 6.70. The van der Waals surface area contributed by atoms with E-state index in [1.54, 1.807) is 31.2 Å². The third-order valence-corrected chi connectivity index (χ3v) is 4.07. The molecule has 0 aliphatic carbocycles. The van der Waals surface area contributed by atoms with E-state index in [4.69, 9.17) is 4.74 Å². The Balaban J connectivity index is 1.96. The van der Waals surface area contributed by atoms with E-state index in [1.807, 2.05) is 30.3 Å². The highest BCUT2D eigenvalue weighted by Gasteiger charge is 2.13. The van der Waals surface area contributed by atoms with Crippen LogP contribution in [0.15, 0.2) is 70.4 Å². The van der Waals surface area contributed by atoms with Gasteiger partial charge < -0.3 is 9.84 Å². The van der Waals surface area contributed by atoms with E-state index < -0.39 is 5.97 Å². The van der Waals surface area contributed by atoms with Gasteiger partial charge in [-0.05, 0) is 49.7 Å². The molecule has 0 aliphatic heterocycles. The van der Waals surface area contributed by atoms with Gasteiger partial charge in [-0.3, -0.25) is 0 Å². The minimum Gasteiger partial charge on any atom is -0.507 e. The molecule has 0 spiro atoms. The number of hydrogen-bond donors (Lipinski definition) is 1. The Bertz CT molecular complexity index is 781. The minimum atomic E-state index is -0.489. The zero-order chi connectivity index (χ0) is 19.5. The number of esters is 1. The van der Waals surface area contributed by atoms with Gasteiger partial charge in [0.25, 0.3) is 0 Å². The number of ether oxygens (including phenoxy) is 1. The zero-order valence-corrected chi connectivity index (χ0v) is 15.9. The molecule has 0 saturated heterocycles. The summed E-state index contributed by atoms with van der Waals surface area (Å²) in [6, 6.07) is 16.3. The van der Waals surface area contributed by atoms with Crippen molar-refractivity contribution in [2.75, 3.05) is 6.61 Å². The van der Waals surface area contributed by atoms with E-state index in [1.165, 1.54) is 0 Å². The zero-order valence-electron chi connectivity index (χ0n) is 15.9. The van der Waals surface area contributed by atoms with Gasteiger partial charge in [-0.15, -0.1) is 0 Å². The normalized spacial score (nSPS) is 12.1. The summed E-state index contributed by atoms with van der Waals surface area (Å²) < 4.78 is 5.21. The fourth-order valence-electron chi connectivity index (χ4n) is 2.41. The smallest absolute Gasteiger partial charge is 0.337 e. The molecule has 142 valence electrons. The molecule has 0 heterocycles. The van der Waals surface area contributed by atoms with Crippen molar-refractivity contribution in [3.8, 4) is 0 Å². The number of carbonyl (C=O) groups is 1. The second-order valence-corrected chi connectivity index (χ2v) is 6.25. The molecule has 1 N–H and O–H groups in total. The maximum Gasteiger partial charge on any atom is 0.337 e. The minimum absolute atomic E-state index is 0.0832. The molecule has 2 rings (SSSR count). The predicted octanol–water partition coefficient (Wildman–Crippen LogP) is 6.51. The van der Waals surface area contributed by atoms with E-state index in [2.05, 4.69) is 17.2 Å². The van der Waals surface area contributed by atoms with Gasteiger partial charge in [0.05, 0.1) is 23.6 Å². The van der Waals surface area contributed by atoms with Crippen molar-refractivity contribution in [2.45, 2.75) is 39.5 Å². The highest BCUT2D eigenvalue weighted by molar-refractivity contribution is 5.95. The van der Waals surface area contributed by atoms with Crippen molar-refractivity contribution in [3.05, 3.63) is 65.7 Å². The predicted molar refractivity (Wildman–Crippen MR) is 107 cm³/mol. The number of nitrogens with zero attached hydrogens (tertiary/aromatic N) is 2. The van der Waals surface area contributed by atoms with Crippen LogP contribution in [0.5, 0.6) is 0 Å². The standard InChI is InChI=1S/C22H26N2O3/c1-3-4-5-9-16-27-22(26)17(2)21(25)18-12-14-20(15-13-18)24-23-19-10-7-6-8-11-19/h6-8,10-15,25H,3-5,9,16H2,1-2H3. The molecule has 0 aliphatic rings. The second-order valence-electron chi connectivity index (χ2n) is 6.25. The Labute approximate surface area is 160 Å². The lowest BCUT2D eigenvalue weighted by Gasteiger charge is -2.08. The van der Waals surface area contributed by atoms with Crippen LogP contribution in [0.3, 0.4) is 0 Å². The summed E-state index contributed by atoms with van der Waals surface area (Å²) in [7, 11) is 0. The van der Waals surface area contributed by atoms with Crippen LogP contribution >= 0.6 is 0 Å². The molecule has 0 bridgehead atoms. The Hall–Kier alpha value is -2.95. The summed E-state index contributed by atoms with van der Waals surface area (Å²) >= 11 is 0.